The van der Waals surface area contributed by atoms with Crippen LogP contribution >= 0.6 is 0 Å². The third kappa shape index (κ3) is 26.4. The monoisotopic (exact) mass is 290 g/mol. The molecule has 0 aliphatic rings. The van der Waals surface area contributed by atoms with Crippen LogP contribution < -0.4 is 10.6 Å². The fraction of sp³-hybridized carbons (Fsp3) is 1.00. The highest BCUT2D eigenvalue weighted by molar-refractivity contribution is 4.70. The molecular weight excluding hydrogens is 248 g/mol. The van der Waals surface area contributed by atoms with Crippen LogP contribution in [0, 0.1) is 11.3 Å². The first-order valence-electron chi connectivity index (χ1n) is 8.35. The van der Waals surface area contributed by atoms with Gasteiger partial charge in [-0.2, -0.15) is 0 Å². The Morgan fingerprint density at radius 1 is 1.15 bits per heavy atom. The van der Waals surface area contributed by atoms with Gasteiger partial charge >= 0.3 is 0 Å². The number of rotatable bonds is 9. The number of aliphatic hydroxyl groups is 1. The summed E-state index contributed by atoms with van der Waals surface area (Å²) >= 11 is 0. The average Bonchev–Trinajstić information content (AvgIpc) is 2.39. The summed E-state index contributed by atoms with van der Waals surface area (Å²) in [4.78, 5) is 0. The Morgan fingerprint density at radius 3 is 2.05 bits per heavy atom. The maximum absolute atomic E-state index is 8.67. The molecule has 0 rings (SSSR count). The second kappa shape index (κ2) is 18.9. The Kier molecular flexibility index (Phi) is 23.5. The standard InChI is InChI=1S/C8H19NO.C7H17N.C2H6/c1-4-9-7-8(2,3)5-6-10;1-7(2)5-4-6-8-3;1-2/h9-10H,4-7H2,1-3H3;7-8H,4-6H2,1-3H3;1-2H3. The molecule has 0 unspecified atom stereocenters. The van der Waals surface area contributed by atoms with Gasteiger partial charge in [0.25, 0.3) is 0 Å². The first-order chi connectivity index (χ1) is 9.39. The smallest absolute Gasteiger partial charge is 0.0436 e. The highest BCUT2D eigenvalue weighted by Gasteiger charge is 2.15. The van der Waals surface area contributed by atoms with Crippen LogP contribution in [0.25, 0.3) is 0 Å². The lowest BCUT2D eigenvalue weighted by atomic mass is 9.90. The van der Waals surface area contributed by atoms with E-state index >= 15 is 0 Å². The van der Waals surface area contributed by atoms with Crippen molar-refractivity contribution < 1.29 is 5.11 Å². The molecule has 20 heavy (non-hydrogen) atoms. The summed E-state index contributed by atoms with van der Waals surface area (Å²) in [5, 5.41) is 15.1. The Balaban J connectivity index is -0.000000262. The second-order valence-electron chi connectivity index (χ2n) is 6.06. The lowest BCUT2D eigenvalue weighted by molar-refractivity contribution is 0.208. The molecule has 0 saturated heterocycles. The topological polar surface area (TPSA) is 44.3 Å². The molecule has 0 aromatic rings. The summed E-state index contributed by atoms with van der Waals surface area (Å²) in [6, 6.07) is 0. The molecule has 0 amide bonds. The molecule has 3 heteroatoms. The largest absolute Gasteiger partial charge is 0.396 e. The maximum atomic E-state index is 8.67. The molecule has 0 aromatic heterocycles. The van der Waals surface area contributed by atoms with Crippen molar-refractivity contribution in [2.24, 2.45) is 11.3 Å². The fourth-order valence-electron chi connectivity index (χ4n) is 1.54. The van der Waals surface area contributed by atoms with Crippen molar-refractivity contribution >= 4 is 0 Å². The van der Waals surface area contributed by atoms with Crippen LogP contribution in [0.5, 0.6) is 0 Å². The van der Waals surface area contributed by atoms with Gasteiger partial charge in [0.1, 0.15) is 0 Å². The van der Waals surface area contributed by atoms with Crippen molar-refractivity contribution in [3.05, 3.63) is 0 Å². The number of nitrogens with one attached hydrogen (secondary N) is 2. The van der Waals surface area contributed by atoms with Crippen LogP contribution in [0.1, 0.15) is 67.7 Å². The molecule has 0 bridgehead atoms. The van der Waals surface area contributed by atoms with Gasteiger partial charge in [-0.05, 0) is 50.7 Å². The van der Waals surface area contributed by atoms with Crippen molar-refractivity contribution in [3.63, 3.8) is 0 Å². The Labute approximate surface area is 128 Å². The van der Waals surface area contributed by atoms with Gasteiger partial charge in [-0.3, -0.25) is 0 Å². The molecule has 126 valence electrons. The third-order valence-corrected chi connectivity index (χ3v) is 2.85. The molecule has 0 fully saturated rings. The Morgan fingerprint density at radius 2 is 1.70 bits per heavy atom. The quantitative estimate of drug-likeness (QED) is 0.568. The van der Waals surface area contributed by atoms with E-state index in [1.54, 1.807) is 0 Å². The van der Waals surface area contributed by atoms with Crippen molar-refractivity contribution in [2.75, 3.05) is 33.3 Å². The minimum Gasteiger partial charge on any atom is -0.396 e. The van der Waals surface area contributed by atoms with Gasteiger partial charge in [0.05, 0.1) is 0 Å². The summed E-state index contributed by atoms with van der Waals surface area (Å²) in [6.07, 6.45) is 3.54. The Bertz CT molecular complexity index is 159. The van der Waals surface area contributed by atoms with Gasteiger partial charge in [-0.15, -0.1) is 0 Å². The zero-order chi connectivity index (χ0) is 16.4. The minimum atomic E-state index is 0.241. The van der Waals surface area contributed by atoms with E-state index in [0.29, 0.717) is 6.61 Å². The van der Waals surface area contributed by atoms with Crippen molar-refractivity contribution in [1.82, 2.24) is 10.6 Å². The van der Waals surface area contributed by atoms with Gasteiger partial charge in [0.15, 0.2) is 0 Å². The molecule has 0 aromatic carbocycles. The number of aliphatic hydroxyl groups excluding tert-OH is 1. The normalized spacial score (nSPS) is 10.5. The zero-order valence-corrected chi connectivity index (χ0v) is 15.5. The van der Waals surface area contributed by atoms with E-state index in [2.05, 4.69) is 45.3 Å². The molecule has 3 N–H and O–H groups in total. The molecule has 0 aliphatic carbocycles. The van der Waals surface area contributed by atoms with Crippen LogP contribution in [0.2, 0.25) is 0 Å². The summed E-state index contributed by atoms with van der Waals surface area (Å²) in [5.74, 6) is 0.864. The number of hydrogen-bond acceptors (Lipinski definition) is 3. The predicted molar refractivity (Wildman–Crippen MR) is 93.4 cm³/mol. The van der Waals surface area contributed by atoms with Gasteiger partial charge < -0.3 is 15.7 Å². The maximum Gasteiger partial charge on any atom is 0.0436 e. The third-order valence-electron chi connectivity index (χ3n) is 2.85. The van der Waals surface area contributed by atoms with Crippen molar-refractivity contribution in [3.8, 4) is 0 Å². The predicted octanol–water partition coefficient (Wildman–Crippen LogP) is 3.67. The average molecular weight is 291 g/mol. The van der Waals surface area contributed by atoms with Gasteiger partial charge in [0, 0.05) is 13.2 Å². The van der Waals surface area contributed by atoms with Crippen LogP contribution in [-0.2, 0) is 0 Å². The highest BCUT2D eigenvalue weighted by atomic mass is 16.3. The molecule has 0 spiro atoms. The summed E-state index contributed by atoms with van der Waals surface area (Å²) in [7, 11) is 2.00. The molecule has 0 heterocycles. The lowest BCUT2D eigenvalue weighted by Gasteiger charge is -2.23. The van der Waals surface area contributed by atoms with E-state index in [0.717, 1.165) is 32.0 Å². The number of hydrogen-bond donors (Lipinski definition) is 3. The van der Waals surface area contributed by atoms with E-state index in [1.807, 2.05) is 20.9 Å². The van der Waals surface area contributed by atoms with E-state index < -0.39 is 0 Å². The molecule has 0 atom stereocenters. The molecule has 3 nitrogen and oxygen atoms in total. The fourth-order valence-corrected chi connectivity index (χ4v) is 1.54. The van der Waals surface area contributed by atoms with Gasteiger partial charge in [-0.1, -0.05) is 48.5 Å². The van der Waals surface area contributed by atoms with Crippen LogP contribution in [0.15, 0.2) is 0 Å². The van der Waals surface area contributed by atoms with Crippen LogP contribution in [-0.4, -0.2) is 38.4 Å². The molecular formula is C17H42N2O. The summed E-state index contributed by atoms with van der Waals surface area (Å²) < 4.78 is 0. The summed E-state index contributed by atoms with van der Waals surface area (Å²) in [5.41, 5.74) is 0.241. The first-order valence-corrected chi connectivity index (χ1v) is 8.35. The highest BCUT2D eigenvalue weighted by Crippen LogP contribution is 2.17. The second-order valence-corrected chi connectivity index (χ2v) is 6.06. The zero-order valence-electron chi connectivity index (χ0n) is 15.5. The first kappa shape index (κ1) is 24.9. The SMILES string of the molecule is CC.CCNCC(C)(C)CCO.CNCCCC(C)C. The van der Waals surface area contributed by atoms with Crippen LogP contribution in [0.4, 0.5) is 0 Å². The van der Waals surface area contributed by atoms with E-state index in [4.69, 9.17) is 5.11 Å². The molecule has 0 aliphatic heterocycles. The van der Waals surface area contributed by atoms with Gasteiger partial charge in [0.2, 0.25) is 0 Å². The molecule has 0 saturated carbocycles. The van der Waals surface area contributed by atoms with Crippen LogP contribution in [0.3, 0.4) is 0 Å². The Hall–Kier alpha value is -0.120. The van der Waals surface area contributed by atoms with Crippen molar-refractivity contribution in [2.45, 2.75) is 67.7 Å². The van der Waals surface area contributed by atoms with Crippen molar-refractivity contribution in [1.29, 1.82) is 0 Å². The molecule has 0 radical (unpaired) electrons. The summed E-state index contributed by atoms with van der Waals surface area (Å²) in [6.45, 7) is 18.4. The van der Waals surface area contributed by atoms with Gasteiger partial charge in [-0.25, -0.2) is 0 Å². The lowest BCUT2D eigenvalue weighted by Crippen LogP contribution is -2.29. The van der Waals surface area contributed by atoms with E-state index in [9.17, 15) is 0 Å². The van der Waals surface area contributed by atoms with E-state index in [-0.39, 0.29) is 5.41 Å². The minimum absolute atomic E-state index is 0.241. The van der Waals surface area contributed by atoms with E-state index in [1.165, 1.54) is 12.8 Å².